The molecule has 0 radical (unpaired) electrons. The van der Waals surface area contributed by atoms with Gasteiger partial charge in [0.05, 0.1) is 10.8 Å². The lowest BCUT2D eigenvalue weighted by Crippen LogP contribution is -2.48. The van der Waals surface area contributed by atoms with Crippen LogP contribution in [0.5, 0.6) is 0 Å². The number of rotatable bonds is 4. The lowest BCUT2D eigenvalue weighted by Gasteiger charge is -2.48. The molecule has 0 aromatic carbocycles. The van der Waals surface area contributed by atoms with Gasteiger partial charge in [0.25, 0.3) is 0 Å². The highest BCUT2D eigenvalue weighted by Gasteiger charge is 2.58. The maximum atomic E-state index is 13.2. The van der Waals surface area contributed by atoms with Crippen molar-refractivity contribution in [1.29, 1.82) is 0 Å². The van der Waals surface area contributed by atoms with Gasteiger partial charge in [-0.1, -0.05) is 39.5 Å². The lowest BCUT2D eigenvalue weighted by molar-refractivity contribution is -0.237. The normalized spacial score (nSPS) is 39.2. The Morgan fingerprint density at radius 1 is 1.09 bits per heavy atom. The third kappa shape index (κ3) is 3.53. The van der Waals surface area contributed by atoms with E-state index >= 15 is 0 Å². The largest absolute Gasteiger partial charge is 0.481 e. The number of hydrogen-bond donors (Lipinski definition) is 1. The number of hydrogen-bond acceptors (Lipinski definition) is 1. The molecule has 2 saturated carbocycles. The fourth-order valence-electron chi connectivity index (χ4n) is 4.74. The van der Waals surface area contributed by atoms with Crippen LogP contribution in [0, 0.1) is 22.7 Å². The molecule has 0 aliphatic heterocycles. The molecule has 23 heavy (non-hydrogen) atoms. The highest BCUT2D eigenvalue weighted by molar-refractivity contribution is 5.75. The summed E-state index contributed by atoms with van der Waals surface area (Å²) in [5, 5.41) is 9.80. The van der Waals surface area contributed by atoms with E-state index in [1.165, 1.54) is 13.3 Å². The summed E-state index contributed by atoms with van der Waals surface area (Å²) in [6.45, 7) is 3.40. The number of carboxylic acid groups (broad SMARTS) is 1. The highest BCUT2D eigenvalue weighted by Crippen LogP contribution is 2.57. The Bertz CT molecular complexity index is 414. The Morgan fingerprint density at radius 3 is 2.00 bits per heavy atom. The smallest absolute Gasteiger partial charge is 0.394 e. The minimum absolute atomic E-state index is 0.0471. The molecule has 0 aromatic rings. The van der Waals surface area contributed by atoms with Gasteiger partial charge < -0.3 is 5.11 Å². The quantitative estimate of drug-likeness (QED) is 0.705. The van der Waals surface area contributed by atoms with Crippen molar-refractivity contribution in [3.05, 3.63) is 0 Å². The zero-order valence-corrected chi connectivity index (χ0v) is 14.2. The molecule has 0 heterocycles. The van der Waals surface area contributed by atoms with E-state index < -0.39 is 23.0 Å². The maximum Gasteiger partial charge on any atom is 0.394 e. The number of halogens is 3. The summed E-state index contributed by atoms with van der Waals surface area (Å²) in [5.74, 6) is -0.155. The molecule has 2 fully saturated rings. The Kier molecular flexibility index (Phi) is 5.37. The molecule has 5 heteroatoms. The lowest BCUT2D eigenvalue weighted by atomic mass is 9.56. The standard InChI is InChI=1S/C18H29F3O2/c1-3-4-13-5-7-14(8-6-13)17(15(22)23)11-9-16(2,10-12-17)18(19,20)21/h13-14H,3-12H2,1-2H3,(H,22,23). The minimum Gasteiger partial charge on any atom is -0.481 e. The third-order valence-corrected chi connectivity index (χ3v) is 6.68. The second-order valence-corrected chi connectivity index (χ2v) is 8.03. The van der Waals surface area contributed by atoms with E-state index in [0.29, 0.717) is 5.92 Å². The van der Waals surface area contributed by atoms with Gasteiger partial charge in [0.2, 0.25) is 0 Å². The molecule has 0 spiro atoms. The van der Waals surface area contributed by atoms with Crippen LogP contribution in [-0.4, -0.2) is 17.3 Å². The minimum atomic E-state index is -4.24. The molecule has 2 aliphatic rings. The fraction of sp³-hybridized carbons (Fsp3) is 0.944. The zero-order valence-electron chi connectivity index (χ0n) is 14.2. The first-order valence-corrected chi connectivity index (χ1v) is 8.95. The van der Waals surface area contributed by atoms with E-state index in [-0.39, 0.29) is 31.6 Å². The molecular formula is C18H29F3O2. The summed E-state index contributed by atoms with van der Waals surface area (Å²) in [6.07, 6.45) is 2.09. The molecule has 0 saturated heterocycles. The van der Waals surface area contributed by atoms with Crippen LogP contribution in [0.4, 0.5) is 13.2 Å². The second kappa shape index (κ2) is 6.64. The van der Waals surface area contributed by atoms with Crippen molar-refractivity contribution in [1.82, 2.24) is 0 Å². The number of carbonyl (C=O) groups is 1. The Hall–Kier alpha value is -0.740. The van der Waals surface area contributed by atoms with Crippen molar-refractivity contribution in [2.45, 2.75) is 84.2 Å². The van der Waals surface area contributed by atoms with Crippen LogP contribution in [0.15, 0.2) is 0 Å². The van der Waals surface area contributed by atoms with Crippen LogP contribution in [0.25, 0.3) is 0 Å². The Balaban J connectivity index is 2.07. The van der Waals surface area contributed by atoms with Gasteiger partial charge >= 0.3 is 12.1 Å². The maximum absolute atomic E-state index is 13.2. The number of carboxylic acids is 1. The first-order valence-electron chi connectivity index (χ1n) is 8.95. The van der Waals surface area contributed by atoms with E-state index in [1.807, 2.05) is 0 Å². The average Bonchev–Trinajstić information content (AvgIpc) is 2.48. The van der Waals surface area contributed by atoms with E-state index in [9.17, 15) is 23.1 Å². The zero-order chi connectivity index (χ0) is 17.3. The van der Waals surface area contributed by atoms with E-state index in [0.717, 1.165) is 32.1 Å². The molecule has 0 aromatic heterocycles. The van der Waals surface area contributed by atoms with E-state index in [4.69, 9.17) is 0 Å². The summed E-state index contributed by atoms with van der Waals surface area (Å²) in [7, 11) is 0. The van der Waals surface area contributed by atoms with Crippen LogP contribution >= 0.6 is 0 Å². The van der Waals surface area contributed by atoms with Crippen molar-refractivity contribution in [2.24, 2.45) is 22.7 Å². The molecule has 134 valence electrons. The molecular weight excluding hydrogens is 305 g/mol. The molecule has 1 N–H and O–H groups in total. The predicted octanol–water partition coefficient (Wildman–Crippen LogP) is 5.81. The molecule has 0 atom stereocenters. The predicted molar refractivity (Wildman–Crippen MR) is 83.1 cm³/mol. The second-order valence-electron chi connectivity index (χ2n) is 8.03. The van der Waals surface area contributed by atoms with Crippen LogP contribution in [0.2, 0.25) is 0 Å². The Labute approximate surface area is 136 Å². The number of aliphatic carboxylic acids is 1. The van der Waals surface area contributed by atoms with Crippen molar-refractivity contribution in [3.8, 4) is 0 Å². The van der Waals surface area contributed by atoms with Gasteiger partial charge in [-0.15, -0.1) is 0 Å². The Morgan fingerprint density at radius 2 is 1.61 bits per heavy atom. The van der Waals surface area contributed by atoms with Crippen molar-refractivity contribution in [2.75, 3.05) is 0 Å². The average molecular weight is 334 g/mol. The third-order valence-electron chi connectivity index (χ3n) is 6.68. The molecule has 2 aliphatic carbocycles. The summed E-state index contributed by atoms with van der Waals surface area (Å²) >= 11 is 0. The van der Waals surface area contributed by atoms with Crippen molar-refractivity contribution in [3.63, 3.8) is 0 Å². The fourth-order valence-corrected chi connectivity index (χ4v) is 4.74. The topological polar surface area (TPSA) is 37.3 Å². The van der Waals surface area contributed by atoms with Crippen molar-refractivity contribution < 1.29 is 23.1 Å². The van der Waals surface area contributed by atoms with Crippen LogP contribution in [0.1, 0.15) is 78.1 Å². The summed E-state index contributed by atoms with van der Waals surface area (Å²) in [4.78, 5) is 12.0. The van der Waals surface area contributed by atoms with Crippen molar-refractivity contribution >= 4 is 5.97 Å². The molecule has 0 bridgehead atoms. The first-order chi connectivity index (χ1) is 10.6. The molecule has 0 unspecified atom stereocenters. The van der Waals surface area contributed by atoms with Gasteiger partial charge in [-0.25, -0.2) is 0 Å². The summed E-state index contributed by atoms with van der Waals surface area (Å²) in [6, 6.07) is 0. The molecule has 0 amide bonds. The first kappa shape index (κ1) is 18.6. The van der Waals surface area contributed by atoms with E-state index in [1.54, 1.807) is 0 Å². The summed E-state index contributed by atoms with van der Waals surface area (Å²) in [5.41, 5.74) is -2.65. The van der Waals surface area contributed by atoms with E-state index in [2.05, 4.69) is 6.92 Å². The van der Waals surface area contributed by atoms with Gasteiger partial charge in [0.15, 0.2) is 0 Å². The molecule has 2 rings (SSSR count). The van der Waals surface area contributed by atoms with Crippen LogP contribution in [0.3, 0.4) is 0 Å². The number of alkyl halides is 3. The monoisotopic (exact) mass is 334 g/mol. The van der Waals surface area contributed by atoms with Gasteiger partial charge in [-0.3, -0.25) is 4.79 Å². The van der Waals surface area contributed by atoms with Gasteiger partial charge in [0.1, 0.15) is 0 Å². The highest BCUT2D eigenvalue weighted by atomic mass is 19.4. The van der Waals surface area contributed by atoms with Gasteiger partial charge in [0, 0.05) is 0 Å². The van der Waals surface area contributed by atoms with Gasteiger partial charge in [-0.2, -0.15) is 13.2 Å². The summed E-state index contributed by atoms with van der Waals surface area (Å²) < 4.78 is 39.6. The van der Waals surface area contributed by atoms with Crippen LogP contribution < -0.4 is 0 Å². The van der Waals surface area contributed by atoms with Gasteiger partial charge in [-0.05, 0) is 50.4 Å². The SMILES string of the molecule is CCCC1CCC(C2(C(=O)O)CCC(C)(C(F)(F)F)CC2)CC1. The molecule has 2 nitrogen and oxygen atoms in total. The van der Waals surface area contributed by atoms with Crippen LogP contribution in [-0.2, 0) is 4.79 Å².